The molecular formula is C20H20N4O2S. The number of para-hydroxylation sites is 1. The van der Waals surface area contributed by atoms with Crippen LogP contribution in [0.1, 0.15) is 28.8 Å². The van der Waals surface area contributed by atoms with E-state index in [2.05, 4.69) is 26.3 Å². The highest BCUT2D eigenvalue weighted by Crippen LogP contribution is 2.24. The molecule has 7 heteroatoms. The number of hydrogen-bond donors (Lipinski definition) is 3. The van der Waals surface area contributed by atoms with Gasteiger partial charge >= 0.3 is 0 Å². The molecule has 0 aliphatic carbocycles. The van der Waals surface area contributed by atoms with Crippen molar-refractivity contribution in [2.24, 2.45) is 0 Å². The number of nitrogens with one attached hydrogen (secondary N) is 3. The molecule has 1 aliphatic rings. The van der Waals surface area contributed by atoms with E-state index in [1.807, 2.05) is 18.2 Å². The molecule has 1 aliphatic heterocycles. The van der Waals surface area contributed by atoms with Crippen LogP contribution in [0, 0.1) is 4.77 Å². The predicted molar refractivity (Wildman–Crippen MR) is 109 cm³/mol. The number of rotatable bonds is 4. The number of H-pyrrole nitrogens is 2. The fourth-order valence-corrected chi connectivity index (χ4v) is 3.72. The first-order chi connectivity index (χ1) is 13.1. The van der Waals surface area contributed by atoms with E-state index < -0.39 is 0 Å². The Morgan fingerprint density at radius 3 is 2.70 bits per heavy atom. The molecule has 1 saturated heterocycles. The molecule has 0 atom stereocenters. The lowest BCUT2D eigenvalue weighted by Crippen LogP contribution is -2.25. The average Bonchev–Trinajstić information content (AvgIpc) is 3.20. The lowest BCUT2D eigenvalue weighted by molar-refractivity contribution is 0.0951. The van der Waals surface area contributed by atoms with E-state index in [1.165, 1.54) is 18.5 Å². The highest BCUT2D eigenvalue weighted by molar-refractivity contribution is 7.71. The zero-order valence-corrected chi connectivity index (χ0v) is 15.6. The number of fused-ring (bicyclic) bond motifs is 1. The molecular weight excluding hydrogens is 360 g/mol. The Labute approximate surface area is 161 Å². The Morgan fingerprint density at radius 2 is 1.89 bits per heavy atom. The number of anilines is 1. The smallest absolute Gasteiger partial charge is 0.259 e. The number of hydrogen-bond acceptors (Lipinski definition) is 4. The van der Waals surface area contributed by atoms with Crippen LogP contribution >= 0.6 is 12.2 Å². The van der Waals surface area contributed by atoms with Crippen molar-refractivity contribution >= 4 is 34.7 Å². The summed E-state index contributed by atoms with van der Waals surface area (Å²) < 4.78 is 0.240. The van der Waals surface area contributed by atoms with Crippen molar-refractivity contribution in [3.8, 4) is 0 Å². The summed E-state index contributed by atoms with van der Waals surface area (Å²) >= 11 is 5.00. The van der Waals surface area contributed by atoms with Crippen molar-refractivity contribution in [1.82, 2.24) is 15.3 Å². The van der Waals surface area contributed by atoms with E-state index in [0.717, 1.165) is 18.7 Å². The van der Waals surface area contributed by atoms with Crippen LogP contribution in [-0.4, -0.2) is 29.0 Å². The van der Waals surface area contributed by atoms with Gasteiger partial charge in [-0.2, -0.15) is 0 Å². The fraction of sp³-hybridized carbons (Fsp3) is 0.250. The van der Waals surface area contributed by atoms with Crippen molar-refractivity contribution in [1.29, 1.82) is 0 Å². The molecule has 2 aromatic carbocycles. The highest BCUT2D eigenvalue weighted by atomic mass is 32.1. The van der Waals surface area contributed by atoms with Gasteiger partial charge in [0.05, 0.1) is 10.9 Å². The summed E-state index contributed by atoms with van der Waals surface area (Å²) in [4.78, 5) is 32.3. The third-order valence-corrected chi connectivity index (χ3v) is 5.08. The summed E-state index contributed by atoms with van der Waals surface area (Å²) in [7, 11) is 0. The molecule has 0 unspecified atom stereocenters. The molecule has 3 aromatic rings. The number of carbonyl (C=O) groups is 1. The van der Waals surface area contributed by atoms with Gasteiger partial charge in [0.25, 0.3) is 11.5 Å². The molecule has 27 heavy (non-hydrogen) atoms. The molecule has 3 N–H and O–H groups in total. The molecule has 1 amide bonds. The first kappa shape index (κ1) is 17.5. The molecule has 4 rings (SSSR count). The zero-order valence-electron chi connectivity index (χ0n) is 14.7. The quantitative estimate of drug-likeness (QED) is 0.608. The Kier molecular flexibility index (Phi) is 4.77. The lowest BCUT2D eigenvalue weighted by atomic mass is 10.1. The summed E-state index contributed by atoms with van der Waals surface area (Å²) in [6, 6.07) is 13.1. The number of amides is 1. The number of benzene rings is 2. The van der Waals surface area contributed by atoms with Crippen LogP contribution in [0.4, 0.5) is 5.69 Å². The molecule has 0 bridgehead atoms. The van der Waals surface area contributed by atoms with Gasteiger partial charge in [0.1, 0.15) is 0 Å². The Hall–Kier alpha value is -2.93. The number of aromatic amines is 2. The summed E-state index contributed by atoms with van der Waals surface area (Å²) in [6.45, 7) is 2.57. The SMILES string of the molecule is O=C(NCc1ccccc1N1CCCC1)c1ccc2c(=O)[nH]c(=S)[nH]c2c1. The highest BCUT2D eigenvalue weighted by Gasteiger charge is 2.16. The Balaban J connectivity index is 1.54. The third kappa shape index (κ3) is 3.64. The van der Waals surface area contributed by atoms with E-state index in [-0.39, 0.29) is 16.2 Å². The molecule has 6 nitrogen and oxygen atoms in total. The largest absolute Gasteiger partial charge is 0.371 e. The molecule has 1 aromatic heterocycles. The van der Waals surface area contributed by atoms with E-state index in [0.29, 0.717) is 23.0 Å². The van der Waals surface area contributed by atoms with Gasteiger partial charge in [-0.1, -0.05) is 18.2 Å². The van der Waals surface area contributed by atoms with E-state index >= 15 is 0 Å². The normalized spacial score (nSPS) is 13.9. The first-order valence-electron chi connectivity index (χ1n) is 8.99. The second-order valence-corrected chi connectivity index (χ2v) is 7.08. The van der Waals surface area contributed by atoms with Crippen LogP contribution in [0.2, 0.25) is 0 Å². The predicted octanol–water partition coefficient (Wildman–Crippen LogP) is 3.12. The number of nitrogens with zero attached hydrogens (tertiary/aromatic N) is 1. The van der Waals surface area contributed by atoms with Gasteiger partial charge < -0.3 is 15.2 Å². The number of carbonyl (C=O) groups excluding carboxylic acids is 1. The second-order valence-electron chi connectivity index (χ2n) is 6.67. The van der Waals surface area contributed by atoms with E-state index in [4.69, 9.17) is 12.2 Å². The van der Waals surface area contributed by atoms with Gasteiger partial charge in [0.2, 0.25) is 0 Å². The maximum Gasteiger partial charge on any atom is 0.259 e. The van der Waals surface area contributed by atoms with E-state index in [1.54, 1.807) is 18.2 Å². The minimum Gasteiger partial charge on any atom is -0.371 e. The monoisotopic (exact) mass is 380 g/mol. The molecule has 0 saturated carbocycles. The standard InChI is InChI=1S/C20H20N4O2S/c25-18(13-7-8-15-16(11-13)22-20(27)23-19(15)26)21-12-14-5-1-2-6-17(14)24-9-3-4-10-24/h1-2,5-8,11H,3-4,9-10,12H2,(H,21,25)(H2,22,23,26,27). The van der Waals surface area contributed by atoms with Gasteiger partial charge in [0.15, 0.2) is 4.77 Å². The lowest BCUT2D eigenvalue weighted by Gasteiger charge is -2.21. The van der Waals surface area contributed by atoms with Crippen LogP contribution < -0.4 is 15.8 Å². The first-order valence-corrected chi connectivity index (χ1v) is 9.40. The zero-order chi connectivity index (χ0) is 18.8. The maximum absolute atomic E-state index is 12.6. The van der Waals surface area contributed by atoms with Gasteiger partial charge in [-0.25, -0.2) is 0 Å². The van der Waals surface area contributed by atoms with Crippen LogP contribution in [0.25, 0.3) is 10.9 Å². The fourth-order valence-electron chi connectivity index (χ4n) is 3.52. The van der Waals surface area contributed by atoms with Crippen molar-refractivity contribution in [3.05, 3.63) is 68.7 Å². The summed E-state index contributed by atoms with van der Waals surface area (Å²) in [5, 5.41) is 3.45. The van der Waals surface area contributed by atoms with Gasteiger partial charge in [-0.3, -0.25) is 14.6 Å². The van der Waals surface area contributed by atoms with Crippen molar-refractivity contribution < 1.29 is 4.79 Å². The summed E-state index contributed by atoms with van der Waals surface area (Å²) in [5.74, 6) is -0.187. The van der Waals surface area contributed by atoms with Crippen LogP contribution in [-0.2, 0) is 6.54 Å². The van der Waals surface area contributed by atoms with Gasteiger partial charge in [0, 0.05) is 30.9 Å². The minimum absolute atomic E-state index is 0.187. The van der Waals surface area contributed by atoms with Crippen LogP contribution in [0.3, 0.4) is 0 Å². The molecule has 1 fully saturated rings. The molecule has 0 radical (unpaired) electrons. The third-order valence-electron chi connectivity index (χ3n) is 4.88. The number of aromatic nitrogens is 2. The summed E-state index contributed by atoms with van der Waals surface area (Å²) in [5.41, 5.74) is 3.06. The van der Waals surface area contributed by atoms with E-state index in [9.17, 15) is 9.59 Å². The Bertz CT molecular complexity index is 1110. The van der Waals surface area contributed by atoms with Crippen molar-refractivity contribution in [2.45, 2.75) is 19.4 Å². The van der Waals surface area contributed by atoms with Crippen molar-refractivity contribution in [3.63, 3.8) is 0 Å². The molecule has 2 heterocycles. The van der Waals surface area contributed by atoms with Crippen molar-refractivity contribution in [2.75, 3.05) is 18.0 Å². The van der Waals surface area contributed by atoms with Crippen LogP contribution in [0.15, 0.2) is 47.3 Å². The topological polar surface area (TPSA) is 81.0 Å². The molecule has 138 valence electrons. The maximum atomic E-state index is 12.6. The van der Waals surface area contributed by atoms with Crippen LogP contribution in [0.5, 0.6) is 0 Å². The van der Waals surface area contributed by atoms with Gasteiger partial charge in [-0.05, 0) is 54.9 Å². The summed E-state index contributed by atoms with van der Waals surface area (Å²) in [6.07, 6.45) is 2.41. The Morgan fingerprint density at radius 1 is 1.11 bits per heavy atom. The average molecular weight is 380 g/mol. The second kappa shape index (κ2) is 7.36. The minimum atomic E-state index is -0.264. The molecule has 0 spiro atoms. The van der Waals surface area contributed by atoms with Gasteiger partial charge in [-0.15, -0.1) is 0 Å².